The van der Waals surface area contributed by atoms with Crippen LogP contribution in [-0.4, -0.2) is 34.1 Å². The van der Waals surface area contributed by atoms with Gasteiger partial charge in [-0.25, -0.2) is 4.39 Å². The highest BCUT2D eigenvalue weighted by atomic mass is 19.1. The predicted molar refractivity (Wildman–Crippen MR) is 61.9 cm³/mol. The largest absolute Gasteiger partial charge is 0.385 e. The number of aromatic nitrogens is 1. The van der Waals surface area contributed by atoms with Gasteiger partial charge in [0.05, 0.1) is 11.8 Å². The molecule has 0 radical (unpaired) electrons. The Labute approximate surface area is 100 Å². The summed E-state index contributed by atoms with van der Waals surface area (Å²) in [4.78, 5) is 6.19. The van der Waals surface area contributed by atoms with Gasteiger partial charge in [0.1, 0.15) is 5.82 Å². The molecule has 0 aromatic carbocycles. The van der Waals surface area contributed by atoms with Crippen LogP contribution in [0.2, 0.25) is 0 Å². The molecule has 3 nitrogen and oxygen atoms in total. The Morgan fingerprint density at radius 3 is 2.59 bits per heavy atom. The van der Waals surface area contributed by atoms with Crippen LogP contribution in [0.3, 0.4) is 0 Å². The molecule has 2 atom stereocenters. The molecule has 1 aromatic heterocycles. The Hall–Kier alpha value is -1.00. The van der Waals surface area contributed by atoms with Gasteiger partial charge in [0, 0.05) is 23.8 Å². The predicted octanol–water partition coefficient (Wildman–Crippen LogP) is 1.66. The smallest absolute Gasteiger partial charge is 0.141 e. The maximum absolute atomic E-state index is 13.2. The fourth-order valence-electron chi connectivity index (χ4n) is 3.35. The fourth-order valence-corrected chi connectivity index (χ4v) is 3.35. The topological polar surface area (TPSA) is 36.4 Å². The molecule has 0 amide bonds. The third kappa shape index (κ3) is 1.76. The van der Waals surface area contributed by atoms with Crippen molar-refractivity contribution in [1.82, 2.24) is 9.88 Å². The van der Waals surface area contributed by atoms with Crippen LogP contribution in [0.25, 0.3) is 0 Å². The van der Waals surface area contributed by atoms with E-state index >= 15 is 0 Å². The van der Waals surface area contributed by atoms with E-state index in [0.29, 0.717) is 30.5 Å². The van der Waals surface area contributed by atoms with E-state index in [4.69, 9.17) is 0 Å². The van der Waals surface area contributed by atoms with Gasteiger partial charge in [-0.1, -0.05) is 0 Å². The van der Waals surface area contributed by atoms with Crippen LogP contribution in [-0.2, 0) is 5.60 Å². The lowest BCUT2D eigenvalue weighted by Gasteiger charge is -2.42. The number of hydrogen-bond acceptors (Lipinski definition) is 3. The second-order valence-electron chi connectivity index (χ2n) is 5.38. The van der Waals surface area contributed by atoms with Crippen molar-refractivity contribution >= 4 is 0 Å². The van der Waals surface area contributed by atoms with E-state index in [0.717, 1.165) is 12.8 Å². The molecule has 2 saturated heterocycles. The molecule has 92 valence electrons. The van der Waals surface area contributed by atoms with Gasteiger partial charge in [-0.15, -0.1) is 0 Å². The van der Waals surface area contributed by atoms with Gasteiger partial charge in [0.2, 0.25) is 0 Å². The minimum atomic E-state index is -0.895. The van der Waals surface area contributed by atoms with Crippen molar-refractivity contribution in [3.8, 4) is 0 Å². The van der Waals surface area contributed by atoms with Crippen molar-refractivity contribution in [1.29, 1.82) is 0 Å². The van der Waals surface area contributed by atoms with Crippen molar-refractivity contribution < 1.29 is 9.50 Å². The molecule has 3 rings (SSSR count). The van der Waals surface area contributed by atoms with Crippen molar-refractivity contribution in [2.45, 2.75) is 43.4 Å². The summed E-state index contributed by atoms with van der Waals surface area (Å²) in [6, 6.07) is 2.25. The van der Waals surface area contributed by atoms with Gasteiger partial charge in [-0.2, -0.15) is 0 Å². The third-order valence-corrected chi connectivity index (χ3v) is 4.37. The first-order valence-corrected chi connectivity index (χ1v) is 6.14. The molecule has 2 unspecified atom stereocenters. The number of piperidine rings is 1. The molecule has 2 aliphatic rings. The van der Waals surface area contributed by atoms with Crippen LogP contribution in [0, 0.1) is 5.82 Å². The summed E-state index contributed by atoms with van der Waals surface area (Å²) in [5.41, 5.74) is -0.268. The van der Waals surface area contributed by atoms with Crippen LogP contribution >= 0.6 is 0 Å². The van der Waals surface area contributed by atoms with Crippen LogP contribution in [0.5, 0.6) is 0 Å². The summed E-state index contributed by atoms with van der Waals surface area (Å²) < 4.78 is 13.2. The van der Waals surface area contributed by atoms with Crippen molar-refractivity contribution in [2.75, 3.05) is 7.05 Å². The lowest BCUT2D eigenvalue weighted by Crippen LogP contribution is -2.47. The second kappa shape index (κ2) is 3.75. The van der Waals surface area contributed by atoms with Gasteiger partial charge in [0.15, 0.2) is 0 Å². The Morgan fingerprint density at radius 1 is 1.35 bits per heavy atom. The number of fused-ring (bicyclic) bond motifs is 2. The molecule has 2 fully saturated rings. The Bertz CT molecular complexity index is 423. The van der Waals surface area contributed by atoms with E-state index in [1.165, 1.54) is 12.3 Å². The molecule has 2 bridgehead atoms. The SMILES string of the molecule is CN1C2CCC1CC(O)(c1cncc(F)c1)C2. The first-order valence-electron chi connectivity index (χ1n) is 6.14. The summed E-state index contributed by atoms with van der Waals surface area (Å²) in [5.74, 6) is -0.373. The monoisotopic (exact) mass is 236 g/mol. The summed E-state index contributed by atoms with van der Waals surface area (Å²) in [5, 5.41) is 10.7. The summed E-state index contributed by atoms with van der Waals surface area (Å²) in [7, 11) is 2.12. The lowest BCUT2D eigenvalue weighted by molar-refractivity contribution is -0.0497. The first-order chi connectivity index (χ1) is 8.08. The molecular weight excluding hydrogens is 219 g/mol. The Kier molecular flexibility index (Phi) is 2.45. The normalized spacial score (nSPS) is 37.4. The molecule has 0 aliphatic carbocycles. The van der Waals surface area contributed by atoms with Gasteiger partial charge < -0.3 is 10.0 Å². The molecule has 1 aromatic rings. The standard InChI is InChI=1S/C13H17FN2O/c1-16-11-2-3-12(16)6-13(17,5-11)9-4-10(14)8-15-7-9/h4,7-8,11-12,17H,2-3,5-6H2,1H3. The van der Waals surface area contributed by atoms with E-state index in [2.05, 4.69) is 16.9 Å². The zero-order valence-corrected chi connectivity index (χ0v) is 9.93. The third-order valence-electron chi connectivity index (χ3n) is 4.37. The maximum Gasteiger partial charge on any atom is 0.141 e. The van der Waals surface area contributed by atoms with Gasteiger partial charge in [0.25, 0.3) is 0 Å². The molecule has 2 aliphatic heterocycles. The highest BCUT2D eigenvalue weighted by molar-refractivity contribution is 5.22. The summed E-state index contributed by atoms with van der Waals surface area (Å²) in [6.07, 6.45) is 6.40. The summed E-state index contributed by atoms with van der Waals surface area (Å²) in [6.45, 7) is 0. The molecule has 4 heteroatoms. The van der Waals surface area contributed by atoms with Crippen LogP contribution < -0.4 is 0 Å². The van der Waals surface area contributed by atoms with Crippen molar-refractivity contribution in [3.05, 3.63) is 29.8 Å². The molecule has 0 saturated carbocycles. The number of rotatable bonds is 1. The van der Waals surface area contributed by atoms with Crippen molar-refractivity contribution in [2.24, 2.45) is 0 Å². The minimum Gasteiger partial charge on any atom is -0.385 e. The van der Waals surface area contributed by atoms with Crippen LogP contribution in [0.4, 0.5) is 4.39 Å². The van der Waals surface area contributed by atoms with Crippen LogP contribution in [0.1, 0.15) is 31.2 Å². The Balaban J connectivity index is 1.93. The highest BCUT2D eigenvalue weighted by Crippen LogP contribution is 2.44. The number of nitrogens with zero attached hydrogens (tertiary/aromatic N) is 2. The average Bonchev–Trinajstić information content (AvgIpc) is 2.53. The quantitative estimate of drug-likeness (QED) is 0.805. The van der Waals surface area contributed by atoms with Crippen molar-refractivity contribution in [3.63, 3.8) is 0 Å². The number of pyridine rings is 1. The average molecular weight is 236 g/mol. The molecule has 3 heterocycles. The molecular formula is C13H17FN2O. The number of halogens is 1. The fraction of sp³-hybridized carbons (Fsp3) is 0.615. The Morgan fingerprint density at radius 2 is 2.00 bits per heavy atom. The van der Waals surface area contributed by atoms with E-state index in [9.17, 15) is 9.50 Å². The first kappa shape index (κ1) is 11.1. The highest BCUT2D eigenvalue weighted by Gasteiger charge is 2.46. The summed E-state index contributed by atoms with van der Waals surface area (Å²) >= 11 is 0. The maximum atomic E-state index is 13.2. The number of aliphatic hydroxyl groups is 1. The van der Waals surface area contributed by atoms with Gasteiger partial charge in [-0.3, -0.25) is 4.98 Å². The lowest BCUT2D eigenvalue weighted by atomic mass is 9.81. The van der Waals surface area contributed by atoms with Crippen LogP contribution in [0.15, 0.2) is 18.5 Å². The van der Waals surface area contributed by atoms with Gasteiger partial charge >= 0.3 is 0 Å². The van der Waals surface area contributed by atoms with Gasteiger partial charge in [-0.05, 0) is 38.8 Å². The zero-order valence-electron chi connectivity index (χ0n) is 9.93. The molecule has 17 heavy (non-hydrogen) atoms. The van der Waals surface area contributed by atoms with E-state index in [1.54, 1.807) is 6.20 Å². The molecule has 0 spiro atoms. The van der Waals surface area contributed by atoms with E-state index in [1.807, 2.05) is 0 Å². The van der Waals surface area contributed by atoms with E-state index < -0.39 is 5.60 Å². The van der Waals surface area contributed by atoms with E-state index in [-0.39, 0.29) is 5.82 Å². The minimum absolute atomic E-state index is 0.373. The zero-order chi connectivity index (χ0) is 12.0. The number of hydrogen-bond donors (Lipinski definition) is 1. The molecule has 1 N–H and O–H groups in total. The second-order valence-corrected chi connectivity index (χ2v) is 5.38.